The normalized spacial score (nSPS) is 12.4. The van der Waals surface area contributed by atoms with Crippen LogP contribution in [-0.4, -0.2) is 5.88 Å². The molecule has 0 fully saturated rings. The predicted molar refractivity (Wildman–Crippen MR) is 80.1 cm³/mol. The molecule has 0 aliphatic heterocycles. The highest BCUT2D eigenvalue weighted by molar-refractivity contribution is 6.31. The lowest BCUT2D eigenvalue weighted by Crippen LogP contribution is -2.05. The van der Waals surface area contributed by atoms with Crippen molar-refractivity contribution in [3.05, 3.63) is 69.7 Å². The minimum atomic E-state index is 0.227. The zero-order valence-electron chi connectivity index (χ0n) is 9.74. The Balaban J connectivity index is 2.23. The van der Waals surface area contributed by atoms with E-state index in [1.165, 1.54) is 0 Å². The number of hydrogen-bond donors (Lipinski definition) is 0. The van der Waals surface area contributed by atoms with Crippen molar-refractivity contribution < 1.29 is 0 Å². The van der Waals surface area contributed by atoms with E-state index in [4.69, 9.17) is 34.8 Å². The maximum absolute atomic E-state index is 6.17. The van der Waals surface area contributed by atoms with Gasteiger partial charge in [-0.15, -0.1) is 11.6 Å². The van der Waals surface area contributed by atoms with Crippen molar-refractivity contribution in [1.29, 1.82) is 0 Å². The Bertz CT molecular complexity index is 523. The third-order valence-electron chi connectivity index (χ3n) is 2.93. The van der Waals surface area contributed by atoms with Crippen LogP contribution in [0.4, 0.5) is 0 Å². The highest BCUT2D eigenvalue weighted by Gasteiger charge is 2.13. The summed E-state index contributed by atoms with van der Waals surface area (Å²) in [6.07, 6.45) is 0.823. The molecule has 0 aromatic heterocycles. The Morgan fingerprint density at radius 1 is 0.944 bits per heavy atom. The summed E-state index contributed by atoms with van der Waals surface area (Å²) in [6.45, 7) is 0. The Hall–Kier alpha value is -0.690. The maximum Gasteiger partial charge on any atom is 0.0438 e. The van der Waals surface area contributed by atoms with Crippen LogP contribution < -0.4 is 0 Å². The van der Waals surface area contributed by atoms with Crippen molar-refractivity contribution >= 4 is 34.8 Å². The number of hydrogen-bond acceptors (Lipinski definition) is 0. The second-order valence-corrected chi connectivity index (χ2v) is 5.35. The van der Waals surface area contributed by atoms with E-state index >= 15 is 0 Å². The molecule has 0 amide bonds. The van der Waals surface area contributed by atoms with Crippen LogP contribution in [0.2, 0.25) is 10.0 Å². The first-order chi connectivity index (χ1) is 8.70. The van der Waals surface area contributed by atoms with Crippen molar-refractivity contribution in [2.75, 3.05) is 5.88 Å². The quantitative estimate of drug-likeness (QED) is 0.648. The fourth-order valence-electron chi connectivity index (χ4n) is 1.95. The smallest absolute Gasteiger partial charge is 0.0438 e. The average molecular weight is 300 g/mol. The molecule has 0 saturated heterocycles. The van der Waals surface area contributed by atoms with Gasteiger partial charge in [-0.25, -0.2) is 0 Å². The molecule has 1 atom stereocenters. The lowest BCUT2D eigenvalue weighted by molar-refractivity contribution is 0.766. The van der Waals surface area contributed by atoms with Crippen LogP contribution in [0, 0.1) is 0 Å². The molecule has 2 rings (SSSR count). The molecule has 0 nitrogen and oxygen atoms in total. The van der Waals surface area contributed by atoms with Gasteiger partial charge >= 0.3 is 0 Å². The summed E-state index contributed by atoms with van der Waals surface area (Å²) in [6, 6.07) is 15.7. The van der Waals surface area contributed by atoms with Gasteiger partial charge in [-0.05, 0) is 35.7 Å². The zero-order chi connectivity index (χ0) is 13.0. The summed E-state index contributed by atoms with van der Waals surface area (Å²) < 4.78 is 0. The van der Waals surface area contributed by atoms with Crippen molar-refractivity contribution in [2.24, 2.45) is 0 Å². The van der Waals surface area contributed by atoms with Gasteiger partial charge in [-0.3, -0.25) is 0 Å². The van der Waals surface area contributed by atoms with Crippen LogP contribution in [0.5, 0.6) is 0 Å². The predicted octanol–water partition coefficient (Wildman–Crippen LogP) is 5.56. The summed E-state index contributed by atoms with van der Waals surface area (Å²) >= 11 is 18.3. The lowest BCUT2D eigenvalue weighted by Gasteiger charge is -2.15. The van der Waals surface area contributed by atoms with Gasteiger partial charge in [0.05, 0.1) is 0 Å². The fourth-order valence-corrected chi connectivity index (χ4v) is 2.65. The highest BCUT2D eigenvalue weighted by atomic mass is 35.5. The van der Waals surface area contributed by atoms with Crippen LogP contribution in [0.1, 0.15) is 17.0 Å². The number of rotatable bonds is 4. The first kappa shape index (κ1) is 13.7. The van der Waals surface area contributed by atoms with Gasteiger partial charge in [0.15, 0.2) is 0 Å². The van der Waals surface area contributed by atoms with Crippen molar-refractivity contribution in [2.45, 2.75) is 12.3 Å². The van der Waals surface area contributed by atoms with E-state index in [-0.39, 0.29) is 5.92 Å². The molecule has 0 spiro atoms. The lowest BCUT2D eigenvalue weighted by atomic mass is 9.93. The maximum atomic E-state index is 6.17. The molecule has 0 radical (unpaired) electrons. The van der Waals surface area contributed by atoms with Crippen LogP contribution in [0.3, 0.4) is 0 Å². The molecule has 0 N–H and O–H groups in total. The highest BCUT2D eigenvalue weighted by Crippen LogP contribution is 2.27. The van der Waals surface area contributed by atoms with E-state index in [0.29, 0.717) is 5.88 Å². The van der Waals surface area contributed by atoms with Crippen molar-refractivity contribution in [3.63, 3.8) is 0 Å². The van der Waals surface area contributed by atoms with Gasteiger partial charge in [0.25, 0.3) is 0 Å². The van der Waals surface area contributed by atoms with E-state index < -0.39 is 0 Å². The van der Waals surface area contributed by atoms with Gasteiger partial charge in [-0.1, -0.05) is 53.5 Å². The first-order valence-corrected chi connectivity index (χ1v) is 7.04. The third-order valence-corrected chi connectivity index (χ3v) is 3.91. The minimum Gasteiger partial charge on any atom is -0.126 e. The summed E-state index contributed by atoms with van der Waals surface area (Å²) in [5, 5.41) is 1.52. The van der Waals surface area contributed by atoms with E-state index in [1.54, 1.807) is 0 Å². The zero-order valence-corrected chi connectivity index (χ0v) is 12.0. The molecule has 1 unspecified atom stereocenters. The summed E-state index contributed by atoms with van der Waals surface area (Å²) in [7, 11) is 0. The van der Waals surface area contributed by atoms with Gasteiger partial charge in [0.1, 0.15) is 0 Å². The molecule has 0 heterocycles. The molecule has 0 saturated carbocycles. The monoisotopic (exact) mass is 298 g/mol. The molecule has 2 aromatic carbocycles. The van der Waals surface area contributed by atoms with Crippen LogP contribution >= 0.6 is 34.8 Å². The summed E-state index contributed by atoms with van der Waals surface area (Å²) in [5.41, 5.74) is 2.27. The Morgan fingerprint density at radius 2 is 1.72 bits per heavy atom. The number of alkyl halides is 1. The SMILES string of the molecule is ClCC(Cc1ccccc1Cl)c1cccc(Cl)c1. The van der Waals surface area contributed by atoms with Gasteiger partial charge in [0.2, 0.25) is 0 Å². The molecular formula is C15H13Cl3. The van der Waals surface area contributed by atoms with Crippen LogP contribution in [0.15, 0.2) is 48.5 Å². The van der Waals surface area contributed by atoms with Gasteiger partial charge in [0, 0.05) is 21.8 Å². The van der Waals surface area contributed by atoms with E-state index in [9.17, 15) is 0 Å². The Labute approximate surface area is 122 Å². The molecule has 0 bridgehead atoms. The molecule has 0 aliphatic carbocycles. The summed E-state index contributed by atoms with van der Waals surface area (Å²) in [4.78, 5) is 0. The third kappa shape index (κ3) is 3.41. The van der Waals surface area contributed by atoms with Gasteiger partial charge < -0.3 is 0 Å². The number of halogens is 3. The molecule has 18 heavy (non-hydrogen) atoms. The second-order valence-electron chi connectivity index (χ2n) is 4.20. The van der Waals surface area contributed by atoms with Crippen molar-refractivity contribution in [3.8, 4) is 0 Å². The van der Waals surface area contributed by atoms with E-state index in [2.05, 4.69) is 6.07 Å². The Kier molecular flexibility index (Phi) is 4.94. The molecular weight excluding hydrogens is 287 g/mol. The Morgan fingerprint density at radius 3 is 2.39 bits per heavy atom. The molecule has 94 valence electrons. The molecule has 0 aliphatic rings. The van der Waals surface area contributed by atoms with Crippen LogP contribution in [0.25, 0.3) is 0 Å². The fraction of sp³-hybridized carbons (Fsp3) is 0.200. The molecule has 2 aromatic rings. The number of benzene rings is 2. The largest absolute Gasteiger partial charge is 0.126 e. The van der Waals surface area contributed by atoms with E-state index in [0.717, 1.165) is 27.6 Å². The standard InChI is InChI=1S/C15H13Cl3/c16-10-13(11-5-3-6-14(17)9-11)8-12-4-1-2-7-15(12)18/h1-7,9,13H,8,10H2. The van der Waals surface area contributed by atoms with Crippen molar-refractivity contribution in [1.82, 2.24) is 0 Å². The summed E-state index contributed by atoms with van der Waals surface area (Å²) in [5.74, 6) is 0.774. The first-order valence-electron chi connectivity index (χ1n) is 5.75. The average Bonchev–Trinajstić information content (AvgIpc) is 2.38. The minimum absolute atomic E-state index is 0.227. The molecule has 3 heteroatoms. The van der Waals surface area contributed by atoms with Gasteiger partial charge in [-0.2, -0.15) is 0 Å². The second kappa shape index (κ2) is 6.47. The van der Waals surface area contributed by atoms with E-state index in [1.807, 2.05) is 42.5 Å². The topological polar surface area (TPSA) is 0 Å². The van der Waals surface area contributed by atoms with Crippen LogP contribution in [-0.2, 0) is 6.42 Å².